The number of fused-ring (bicyclic) bond motifs is 1. The number of hydrogen-bond donors (Lipinski definition) is 2. The average Bonchev–Trinajstić information content (AvgIpc) is 3.34. The maximum atomic E-state index is 12.9. The van der Waals surface area contributed by atoms with Gasteiger partial charge in [0.1, 0.15) is 0 Å². The van der Waals surface area contributed by atoms with Crippen molar-refractivity contribution in [2.75, 3.05) is 18.4 Å². The van der Waals surface area contributed by atoms with Crippen LogP contribution in [0.15, 0.2) is 91.0 Å². The van der Waals surface area contributed by atoms with Gasteiger partial charge in [0.25, 0.3) is 0 Å². The number of para-hydroxylation sites is 1. The Balaban J connectivity index is 1.27. The molecule has 5 heteroatoms. The Bertz CT molecular complexity index is 1250. The highest BCUT2D eigenvalue weighted by Crippen LogP contribution is 2.32. The Morgan fingerprint density at radius 3 is 2.26 bits per heavy atom. The Labute approximate surface area is 207 Å². The number of amides is 2. The van der Waals surface area contributed by atoms with Gasteiger partial charge in [0.15, 0.2) is 0 Å². The predicted molar refractivity (Wildman–Crippen MR) is 143 cm³/mol. The SMILES string of the molecule is Cc1cc(NC(=O)N[C@@H]2CCN(C(C)C(c3ccccc3)c3ccccc3)C2)c2ccccc2n1. The van der Waals surface area contributed by atoms with Crippen LogP contribution in [0.5, 0.6) is 0 Å². The largest absolute Gasteiger partial charge is 0.334 e. The van der Waals surface area contributed by atoms with Gasteiger partial charge in [-0.3, -0.25) is 9.88 Å². The standard InChI is InChI=1S/C30H32N4O/c1-21-19-28(26-15-9-10-16-27(26)31-21)33-30(35)32-25-17-18-34(20-25)22(2)29(23-11-5-3-6-12-23)24-13-7-4-8-14-24/h3-16,19,22,25,29H,17-18,20H2,1-2H3,(H2,31,32,33,35)/t22?,25-/m1/s1. The number of carbonyl (C=O) groups excluding carboxylic acids is 1. The van der Waals surface area contributed by atoms with E-state index < -0.39 is 0 Å². The van der Waals surface area contributed by atoms with Crippen LogP contribution in [0.4, 0.5) is 10.5 Å². The molecule has 2 amide bonds. The highest BCUT2D eigenvalue weighted by Gasteiger charge is 2.32. The number of benzene rings is 3. The molecule has 1 unspecified atom stereocenters. The van der Waals surface area contributed by atoms with Gasteiger partial charge in [-0.15, -0.1) is 0 Å². The highest BCUT2D eigenvalue weighted by molar-refractivity contribution is 6.00. The van der Waals surface area contributed by atoms with Crippen LogP contribution in [0.1, 0.15) is 36.1 Å². The molecular formula is C30H32N4O. The summed E-state index contributed by atoms with van der Waals surface area (Å²) in [6, 6.07) is 31.5. The third kappa shape index (κ3) is 5.20. The molecule has 0 saturated carbocycles. The van der Waals surface area contributed by atoms with E-state index in [2.05, 4.69) is 88.1 Å². The summed E-state index contributed by atoms with van der Waals surface area (Å²) < 4.78 is 0. The molecule has 2 N–H and O–H groups in total. The van der Waals surface area contributed by atoms with Crippen molar-refractivity contribution in [1.29, 1.82) is 0 Å². The van der Waals surface area contributed by atoms with E-state index in [0.29, 0.717) is 6.04 Å². The number of urea groups is 1. The number of pyridine rings is 1. The fourth-order valence-electron chi connectivity index (χ4n) is 5.31. The first kappa shape index (κ1) is 23.1. The van der Waals surface area contributed by atoms with E-state index >= 15 is 0 Å². The van der Waals surface area contributed by atoms with E-state index in [9.17, 15) is 4.79 Å². The molecule has 1 saturated heterocycles. The third-order valence-corrected chi connectivity index (χ3v) is 7.02. The summed E-state index contributed by atoms with van der Waals surface area (Å²) in [7, 11) is 0. The van der Waals surface area contributed by atoms with Gasteiger partial charge < -0.3 is 10.6 Å². The molecule has 35 heavy (non-hydrogen) atoms. The topological polar surface area (TPSA) is 57.3 Å². The van der Waals surface area contributed by atoms with Crippen LogP contribution in [0.3, 0.4) is 0 Å². The number of nitrogens with zero attached hydrogens (tertiary/aromatic N) is 2. The van der Waals surface area contributed by atoms with Crippen molar-refractivity contribution < 1.29 is 4.79 Å². The van der Waals surface area contributed by atoms with Gasteiger partial charge in [-0.1, -0.05) is 78.9 Å². The zero-order valence-electron chi connectivity index (χ0n) is 20.3. The summed E-state index contributed by atoms with van der Waals surface area (Å²) in [6.45, 7) is 6.04. The number of hydrogen-bond acceptors (Lipinski definition) is 3. The number of rotatable bonds is 6. The summed E-state index contributed by atoms with van der Waals surface area (Å²) in [5.41, 5.74) is 5.20. The number of carbonyl (C=O) groups is 1. The Morgan fingerprint density at radius 1 is 0.943 bits per heavy atom. The third-order valence-electron chi connectivity index (χ3n) is 7.02. The minimum atomic E-state index is -0.164. The van der Waals surface area contributed by atoms with Gasteiger partial charge in [-0.05, 0) is 43.5 Å². The van der Waals surface area contributed by atoms with Crippen LogP contribution in [0.25, 0.3) is 10.9 Å². The maximum Gasteiger partial charge on any atom is 0.319 e. The molecular weight excluding hydrogens is 432 g/mol. The van der Waals surface area contributed by atoms with Crippen LogP contribution < -0.4 is 10.6 Å². The lowest BCUT2D eigenvalue weighted by Gasteiger charge is -2.33. The monoisotopic (exact) mass is 464 g/mol. The molecule has 2 heterocycles. The fraction of sp³-hybridized carbons (Fsp3) is 0.267. The molecule has 2 atom stereocenters. The molecule has 178 valence electrons. The lowest BCUT2D eigenvalue weighted by atomic mass is 9.85. The number of aromatic nitrogens is 1. The van der Waals surface area contributed by atoms with Crippen molar-refractivity contribution in [3.63, 3.8) is 0 Å². The number of anilines is 1. The Hall–Kier alpha value is -3.70. The first-order valence-corrected chi connectivity index (χ1v) is 12.4. The molecule has 1 aliphatic heterocycles. The van der Waals surface area contributed by atoms with Crippen LogP contribution in [-0.4, -0.2) is 41.1 Å². The first-order chi connectivity index (χ1) is 17.1. The Morgan fingerprint density at radius 2 is 1.57 bits per heavy atom. The maximum absolute atomic E-state index is 12.9. The summed E-state index contributed by atoms with van der Waals surface area (Å²) in [4.78, 5) is 20.0. The molecule has 0 bridgehead atoms. The average molecular weight is 465 g/mol. The fourth-order valence-corrected chi connectivity index (χ4v) is 5.31. The normalized spacial score (nSPS) is 16.9. The summed E-state index contributed by atoms with van der Waals surface area (Å²) >= 11 is 0. The second kappa shape index (κ2) is 10.3. The van der Waals surface area contributed by atoms with Crippen LogP contribution in [-0.2, 0) is 0 Å². The van der Waals surface area contributed by atoms with Crippen molar-refractivity contribution in [2.24, 2.45) is 0 Å². The smallest absolute Gasteiger partial charge is 0.319 e. The van der Waals surface area contributed by atoms with Gasteiger partial charge in [0.05, 0.1) is 11.2 Å². The summed E-state index contributed by atoms with van der Waals surface area (Å²) in [6.07, 6.45) is 0.935. The first-order valence-electron chi connectivity index (χ1n) is 12.4. The zero-order chi connectivity index (χ0) is 24.2. The van der Waals surface area contributed by atoms with E-state index in [-0.39, 0.29) is 18.0 Å². The van der Waals surface area contributed by atoms with Gasteiger partial charge in [-0.25, -0.2) is 4.79 Å². The number of aryl methyl sites for hydroxylation is 1. The van der Waals surface area contributed by atoms with Crippen molar-refractivity contribution in [3.8, 4) is 0 Å². The predicted octanol–water partition coefficient (Wildman–Crippen LogP) is 5.96. The molecule has 0 spiro atoms. The number of nitrogens with one attached hydrogen (secondary N) is 2. The quantitative estimate of drug-likeness (QED) is 0.370. The lowest BCUT2D eigenvalue weighted by Crippen LogP contribution is -2.42. The van der Waals surface area contributed by atoms with Crippen molar-refractivity contribution >= 4 is 22.6 Å². The molecule has 0 aliphatic carbocycles. The summed E-state index contributed by atoms with van der Waals surface area (Å²) in [5.74, 6) is 0.274. The van der Waals surface area contributed by atoms with Crippen LogP contribution in [0, 0.1) is 6.92 Å². The van der Waals surface area contributed by atoms with E-state index in [1.807, 2.05) is 37.3 Å². The van der Waals surface area contributed by atoms with Gasteiger partial charge >= 0.3 is 6.03 Å². The molecule has 5 nitrogen and oxygen atoms in total. The second-order valence-corrected chi connectivity index (χ2v) is 9.45. The van der Waals surface area contributed by atoms with E-state index in [1.165, 1.54) is 11.1 Å². The van der Waals surface area contributed by atoms with Crippen molar-refractivity contribution in [2.45, 2.75) is 38.3 Å². The van der Waals surface area contributed by atoms with Gasteiger partial charge in [0.2, 0.25) is 0 Å². The van der Waals surface area contributed by atoms with Gasteiger partial charge in [-0.2, -0.15) is 0 Å². The molecule has 3 aromatic carbocycles. The molecule has 1 aromatic heterocycles. The number of likely N-dealkylation sites (tertiary alicyclic amines) is 1. The molecule has 0 radical (unpaired) electrons. The molecule has 4 aromatic rings. The highest BCUT2D eigenvalue weighted by atomic mass is 16.2. The van der Waals surface area contributed by atoms with E-state index in [4.69, 9.17) is 0 Å². The molecule has 1 aliphatic rings. The minimum Gasteiger partial charge on any atom is -0.334 e. The van der Waals surface area contributed by atoms with Gasteiger partial charge in [0, 0.05) is 42.2 Å². The summed E-state index contributed by atoms with van der Waals surface area (Å²) in [5, 5.41) is 7.21. The van der Waals surface area contributed by atoms with Crippen molar-refractivity contribution in [3.05, 3.63) is 108 Å². The van der Waals surface area contributed by atoms with Crippen LogP contribution >= 0.6 is 0 Å². The van der Waals surface area contributed by atoms with E-state index in [0.717, 1.165) is 41.8 Å². The van der Waals surface area contributed by atoms with Crippen molar-refractivity contribution in [1.82, 2.24) is 15.2 Å². The zero-order valence-corrected chi connectivity index (χ0v) is 20.3. The Kier molecular flexibility index (Phi) is 6.77. The van der Waals surface area contributed by atoms with Crippen LogP contribution in [0.2, 0.25) is 0 Å². The second-order valence-electron chi connectivity index (χ2n) is 9.45. The van der Waals surface area contributed by atoms with E-state index in [1.54, 1.807) is 0 Å². The lowest BCUT2D eigenvalue weighted by molar-refractivity contribution is 0.229. The minimum absolute atomic E-state index is 0.110. The molecule has 5 rings (SSSR count). The molecule has 1 fully saturated rings.